The van der Waals surface area contributed by atoms with Crippen molar-refractivity contribution in [2.24, 2.45) is 0 Å². The molecule has 1 spiro atoms. The lowest BCUT2D eigenvalue weighted by atomic mass is 9.34. The molecule has 2 aliphatic heterocycles. The largest absolute Gasteiger partial charge is 0.458 e. The Balaban J connectivity index is 0.970. The van der Waals surface area contributed by atoms with Crippen molar-refractivity contribution < 1.29 is 4.74 Å². The van der Waals surface area contributed by atoms with E-state index in [1.54, 1.807) is 0 Å². The highest BCUT2D eigenvalue weighted by molar-refractivity contribution is 6.99. The van der Waals surface area contributed by atoms with Crippen LogP contribution < -0.4 is 21.1 Å². The summed E-state index contributed by atoms with van der Waals surface area (Å²) < 4.78 is 13.1. The third-order valence-electron chi connectivity index (χ3n) is 20.5. The second-order valence-corrected chi connectivity index (χ2v) is 25.7. The Bertz CT molecular complexity index is 5460. The van der Waals surface area contributed by atoms with Gasteiger partial charge in [0.25, 0.3) is 6.71 Å². The standard InChI is InChI=1S/C85H59BN2O/c1-50(2)56-36-24-37-57(51(3)4)80(56)55-43-77-82-79(44-55)89-78-49-71-66(60-33-16-21-40-70(60)85(71)68-38-19-14-31-58(68)59-32-15-20-39-69(59)85)46-72(78)86(82)73-47-67-61-34-17-22-41-74(61)87(83(67)81-62-35-18-23-42-75(62)88(77)84(73)81)76-48-64(53-27-10-6-11-28-53)63(52-25-8-5-9-26-52)45-65(76)54-29-12-7-13-30-54/h5-51H,1-4H3. The monoisotopic (exact) mass is 1130 g/mol. The first-order valence-corrected chi connectivity index (χ1v) is 31.7. The van der Waals surface area contributed by atoms with E-state index in [9.17, 15) is 0 Å². The van der Waals surface area contributed by atoms with Gasteiger partial charge in [-0.3, -0.25) is 0 Å². The van der Waals surface area contributed by atoms with Gasteiger partial charge in [0.2, 0.25) is 0 Å². The van der Waals surface area contributed by atoms with E-state index in [4.69, 9.17) is 4.74 Å². The Labute approximate surface area is 518 Å². The molecule has 0 atom stereocenters. The summed E-state index contributed by atoms with van der Waals surface area (Å²) >= 11 is 0. The van der Waals surface area contributed by atoms with Crippen LogP contribution >= 0.6 is 0 Å². The quantitative estimate of drug-likeness (QED) is 0.146. The first kappa shape index (κ1) is 50.5. The van der Waals surface area contributed by atoms with Crippen LogP contribution in [0.15, 0.2) is 273 Å². The van der Waals surface area contributed by atoms with Gasteiger partial charge in [-0.05, 0) is 165 Å². The normalized spacial score (nSPS) is 13.5. The van der Waals surface area contributed by atoms with E-state index in [0.717, 1.165) is 28.3 Å². The Morgan fingerprint density at radius 1 is 0.337 bits per heavy atom. The summed E-state index contributed by atoms with van der Waals surface area (Å²) in [4.78, 5) is 0. The van der Waals surface area contributed by atoms with Gasteiger partial charge >= 0.3 is 0 Å². The Kier molecular flexibility index (Phi) is 10.6. The first-order valence-electron chi connectivity index (χ1n) is 31.7. The van der Waals surface area contributed by atoms with E-state index in [1.807, 2.05) is 0 Å². The highest BCUT2D eigenvalue weighted by atomic mass is 16.5. The molecule has 418 valence electrons. The zero-order valence-electron chi connectivity index (χ0n) is 50.0. The summed E-state index contributed by atoms with van der Waals surface area (Å²) in [5, 5.41) is 4.91. The molecule has 0 bridgehead atoms. The van der Waals surface area contributed by atoms with Crippen molar-refractivity contribution in [3.05, 3.63) is 306 Å². The average molecular weight is 1140 g/mol. The zero-order chi connectivity index (χ0) is 59.0. The summed E-state index contributed by atoms with van der Waals surface area (Å²) in [6.45, 7) is 9.18. The van der Waals surface area contributed by atoms with Crippen LogP contribution in [0.3, 0.4) is 0 Å². The van der Waals surface area contributed by atoms with Crippen LogP contribution in [-0.2, 0) is 5.41 Å². The smallest absolute Gasteiger partial charge is 0.256 e. The minimum absolute atomic E-state index is 0.180. The number of rotatable bonds is 7. The van der Waals surface area contributed by atoms with E-state index in [1.165, 1.54) is 155 Å². The van der Waals surface area contributed by atoms with Gasteiger partial charge in [-0.25, -0.2) is 0 Å². The summed E-state index contributed by atoms with van der Waals surface area (Å²) in [5.41, 5.74) is 32.9. The fourth-order valence-electron chi connectivity index (χ4n) is 16.9. The molecule has 0 N–H and O–H groups in total. The minimum Gasteiger partial charge on any atom is -0.458 e. The molecule has 4 aliphatic rings. The van der Waals surface area contributed by atoms with Crippen molar-refractivity contribution in [3.63, 3.8) is 0 Å². The van der Waals surface area contributed by atoms with Crippen molar-refractivity contribution in [2.75, 3.05) is 0 Å². The van der Waals surface area contributed by atoms with Crippen LogP contribution in [-0.4, -0.2) is 15.8 Å². The predicted molar refractivity (Wildman–Crippen MR) is 373 cm³/mol. The lowest BCUT2D eigenvalue weighted by Gasteiger charge is -2.36. The summed E-state index contributed by atoms with van der Waals surface area (Å²) in [6.07, 6.45) is 0. The van der Waals surface area contributed by atoms with Gasteiger partial charge in [0.1, 0.15) is 11.5 Å². The maximum atomic E-state index is 7.84. The molecule has 0 saturated heterocycles. The summed E-state index contributed by atoms with van der Waals surface area (Å²) in [6, 6.07) is 103. The third-order valence-corrected chi connectivity index (χ3v) is 20.5. The van der Waals surface area contributed by atoms with Crippen LogP contribution in [0.1, 0.15) is 72.9 Å². The topological polar surface area (TPSA) is 19.1 Å². The number of para-hydroxylation sites is 2. The SMILES string of the molecule is CC(C)c1cccc(C(C)C)c1-c1cc2c3c(c1)-n1c4ccccc4c4c1c(cc1c5ccccc5n(-c5cc(-c6ccccc6)c(-c6ccccc6)cc5-c5ccccc5)c14)B3c1cc3c(cc1O2)C1(c2ccccc2-c2ccccc21)c1ccccc1-3. The van der Waals surface area contributed by atoms with Crippen LogP contribution in [0.4, 0.5) is 0 Å². The first-order chi connectivity index (χ1) is 43.8. The van der Waals surface area contributed by atoms with Crippen molar-refractivity contribution in [3.8, 4) is 89.6 Å². The fourth-order valence-corrected chi connectivity index (χ4v) is 16.9. The van der Waals surface area contributed by atoms with Crippen molar-refractivity contribution in [1.29, 1.82) is 0 Å². The Morgan fingerprint density at radius 3 is 1.45 bits per heavy atom. The molecule has 4 heterocycles. The number of nitrogens with zero attached hydrogens (tertiary/aromatic N) is 2. The highest BCUT2D eigenvalue weighted by Crippen LogP contribution is 2.63. The molecule has 0 saturated carbocycles. The number of benzene rings is 13. The molecule has 0 unspecified atom stereocenters. The van der Waals surface area contributed by atoms with Gasteiger partial charge in [0.15, 0.2) is 0 Å². The molecule has 13 aromatic carbocycles. The van der Waals surface area contributed by atoms with Gasteiger partial charge in [-0.1, -0.05) is 258 Å². The van der Waals surface area contributed by atoms with Crippen LogP contribution in [0, 0.1) is 0 Å². The lowest BCUT2D eigenvalue weighted by Crippen LogP contribution is -2.58. The number of hydrogen-bond donors (Lipinski definition) is 0. The van der Waals surface area contributed by atoms with Crippen LogP contribution in [0.2, 0.25) is 0 Å². The second kappa shape index (κ2) is 18.7. The van der Waals surface area contributed by atoms with Crippen molar-refractivity contribution >= 4 is 66.7 Å². The third kappa shape index (κ3) is 6.78. The van der Waals surface area contributed by atoms with E-state index in [-0.39, 0.29) is 6.71 Å². The van der Waals surface area contributed by atoms with Gasteiger partial charge in [0, 0.05) is 32.8 Å². The lowest BCUT2D eigenvalue weighted by molar-refractivity contribution is 0.486. The molecule has 89 heavy (non-hydrogen) atoms. The molecule has 2 aliphatic carbocycles. The minimum atomic E-state index is -0.529. The number of fused-ring (bicyclic) bond motifs is 21. The summed E-state index contributed by atoms with van der Waals surface area (Å²) in [7, 11) is 0. The van der Waals surface area contributed by atoms with Crippen LogP contribution in [0.5, 0.6) is 11.5 Å². The molecule has 0 fully saturated rings. The average Bonchev–Trinajstić information content (AvgIpc) is 1.55. The molecule has 19 rings (SSSR count). The molecule has 2 aromatic heterocycles. The molecule has 0 radical (unpaired) electrons. The Morgan fingerprint density at radius 2 is 0.843 bits per heavy atom. The number of aromatic nitrogens is 2. The molecule has 3 nitrogen and oxygen atoms in total. The fraction of sp³-hybridized carbons (Fsp3) is 0.0824. The highest BCUT2D eigenvalue weighted by Gasteiger charge is 2.53. The molecule has 4 heteroatoms. The van der Waals surface area contributed by atoms with Crippen molar-refractivity contribution in [1.82, 2.24) is 9.13 Å². The predicted octanol–water partition coefficient (Wildman–Crippen LogP) is 20.1. The Hall–Kier alpha value is -10.7. The number of hydrogen-bond acceptors (Lipinski definition) is 1. The maximum absolute atomic E-state index is 7.84. The van der Waals surface area contributed by atoms with E-state index in [0.29, 0.717) is 11.8 Å². The maximum Gasteiger partial charge on any atom is 0.256 e. The van der Waals surface area contributed by atoms with Gasteiger partial charge in [0.05, 0.1) is 33.2 Å². The van der Waals surface area contributed by atoms with Crippen molar-refractivity contribution in [2.45, 2.75) is 44.9 Å². The molecular weight excluding hydrogens is 1080 g/mol. The molecule has 0 amide bonds. The van der Waals surface area contributed by atoms with Gasteiger partial charge in [-0.2, -0.15) is 0 Å². The van der Waals surface area contributed by atoms with E-state index < -0.39 is 5.41 Å². The van der Waals surface area contributed by atoms with Gasteiger partial charge < -0.3 is 13.9 Å². The van der Waals surface area contributed by atoms with Crippen LogP contribution in [0.25, 0.3) is 122 Å². The van der Waals surface area contributed by atoms with Gasteiger partial charge in [-0.15, -0.1) is 0 Å². The number of ether oxygens (including phenoxy) is 1. The summed E-state index contributed by atoms with van der Waals surface area (Å²) in [5.74, 6) is 2.42. The van der Waals surface area contributed by atoms with E-state index >= 15 is 0 Å². The zero-order valence-corrected chi connectivity index (χ0v) is 50.0. The van der Waals surface area contributed by atoms with E-state index in [2.05, 4.69) is 310 Å². The molecular formula is C85H59BN2O. The second-order valence-electron chi connectivity index (χ2n) is 25.7. The molecule has 15 aromatic rings.